The van der Waals surface area contributed by atoms with Crippen molar-refractivity contribution in [2.45, 2.75) is 38.5 Å². The van der Waals surface area contributed by atoms with Crippen LogP contribution in [0.25, 0.3) is 21.5 Å². The van der Waals surface area contributed by atoms with E-state index in [1.807, 2.05) is 0 Å². The third-order valence-corrected chi connectivity index (χ3v) is 7.37. The van der Waals surface area contributed by atoms with E-state index in [2.05, 4.69) is 112 Å². The van der Waals surface area contributed by atoms with E-state index in [0.717, 1.165) is 0 Å². The summed E-state index contributed by atoms with van der Waals surface area (Å²) >= 11 is 0. The Balaban J connectivity index is 1.98. The van der Waals surface area contributed by atoms with E-state index >= 15 is 0 Å². The Morgan fingerprint density at radius 3 is 1.89 bits per heavy atom. The number of benzene rings is 4. The van der Waals surface area contributed by atoms with Crippen molar-refractivity contribution in [2.75, 3.05) is 11.9 Å². The first-order valence-corrected chi connectivity index (χ1v) is 10.1. The van der Waals surface area contributed by atoms with Gasteiger partial charge >= 0.3 is 0 Å². The Bertz CT molecular complexity index is 1230. The van der Waals surface area contributed by atoms with Gasteiger partial charge in [0.15, 0.2) is 0 Å². The monoisotopic (exact) mass is 365 g/mol. The molecule has 0 atom stereocenters. The van der Waals surface area contributed by atoms with Gasteiger partial charge < -0.3 is 4.90 Å². The van der Waals surface area contributed by atoms with Gasteiger partial charge in [-0.1, -0.05) is 94.4 Å². The lowest BCUT2D eigenvalue weighted by molar-refractivity contribution is 0.309. The van der Waals surface area contributed by atoms with Crippen LogP contribution in [0, 0.1) is 0 Å². The first-order chi connectivity index (χ1) is 13.3. The van der Waals surface area contributed by atoms with Gasteiger partial charge in [-0.3, -0.25) is 0 Å². The van der Waals surface area contributed by atoms with Crippen molar-refractivity contribution in [3.05, 3.63) is 83.9 Å². The SMILES string of the molecule is CN1c2ccc3ccccc3c2C(C)(C)C(C)(C)c2ccc3ccccc3c21. The molecule has 1 nitrogen and oxygen atoms in total. The molecule has 1 heterocycles. The van der Waals surface area contributed by atoms with Crippen LogP contribution in [0.1, 0.15) is 38.8 Å². The summed E-state index contributed by atoms with van der Waals surface area (Å²) in [6, 6.07) is 26.8. The average molecular weight is 366 g/mol. The van der Waals surface area contributed by atoms with Crippen LogP contribution in [0.15, 0.2) is 72.8 Å². The van der Waals surface area contributed by atoms with Crippen LogP contribution in [0.3, 0.4) is 0 Å². The van der Waals surface area contributed by atoms with Crippen molar-refractivity contribution in [1.29, 1.82) is 0 Å². The lowest BCUT2D eigenvalue weighted by Crippen LogP contribution is -2.39. The van der Waals surface area contributed by atoms with Crippen molar-refractivity contribution in [3.63, 3.8) is 0 Å². The number of fused-ring (bicyclic) bond motifs is 6. The van der Waals surface area contributed by atoms with Gasteiger partial charge in [-0.25, -0.2) is 0 Å². The lowest BCUT2D eigenvalue weighted by Gasteiger charge is -2.42. The standard InChI is InChI=1S/C27H27N/c1-26(2)22-16-14-19-11-7-9-13-21(19)25(22)28(5)23-17-15-18-10-6-8-12-20(18)24(23)27(26,3)4/h6-17H,1-5H3. The van der Waals surface area contributed by atoms with Crippen molar-refractivity contribution in [3.8, 4) is 0 Å². The molecule has 28 heavy (non-hydrogen) atoms. The zero-order chi connectivity index (χ0) is 19.7. The molecule has 0 radical (unpaired) electrons. The Labute approximate surface area is 167 Å². The second-order valence-electron chi connectivity index (χ2n) is 9.17. The van der Waals surface area contributed by atoms with Crippen molar-refractivity contribution >= 4 is 32.9 Å². The van der Waals surface area contributed by atoms with Crippen molar-refractivity contribution in [2.24, 2.45) is 0 Å². The number of anilines is 2. The maximum atomic E-state index is 2.43. The van der Waals surface area contributed by atoms with E-state index in [-0.39, 0.29) is 10.8 Å². The Hall–Kier alpha value is -2.80. The number of rotatable bonds is 0. The van der Waals surface area contributed by atoms with Gasteiger partial charge in [0.1, 0.15) is 0 Å². The molecule has 0 fully saturated rings. The summed E-state index contributed by atoms with van der Waals surface area (Å²) in [5.74, 6) is 0. The van der Waals surface area contributed by atoms with Gasteiger partial charge in [-0.05, 0) is 33.4 Å². The normalized spacial score (nSPS) is 17.2. The van der Waals surface area contributed by atoms with Crippen LogP contribution in [-0.4, -0.2) is 7.05 Å². The Kier molecular flexibility index (Phi) is 3.47. The van der Waals surface area contributed by atoms with Crippen LogP contribution in [0.2, 0.25) is 0 Å². The van der Waals surface area contributed by atoms with Gasteiger partial charge in [0.2, 0.25) is 0 Å². The molecule has 0 aromatic heterocycles. The highest BCUT2D eigenvalue weighted by Gasteiger charge is 2.46. The minimum atomic E-state index is -0.0365. The van der Waals surface area contributed by atoms with E-state index in [1.54, 1.807) is 0 Å². The van der Waals surface area contributed by atoms with E-state index in [9.17, 15) is 0 Å². The van der Waals surface area contributed by atoms with Gasteiger partial charge in [-0.2, -0.15) is 0 Å². The van der Waals surface area contributed by atoms with E-state index < -0.39 is 0 Å². The largest absolute Gasteiger partial charge is 0.344 e. The van der Waals surface area contributed by atoms with Crippen LogP contribution in [0.4, 0.5) is 11.4 Å². The summed E-state index contributed by atoms with van der Waals surface area (Å²) in [7, 11) is 2.23. The van der Waals surface area contributed by atoms with Crippen LogP contribution in [0.5, 0.6) is 0 Å². The maximum Gasteiger partial charge on any atom is 0.0526 e. The number of nitrogens with zero attached hydrogens (tertiary/aromatic N) is 1. The summed E-state index contributed by atoms with van der Waals surface area (Å²) in [6.45, 7) is 9.64. The lowest BCUT2D eigenvalue weighted by atomic mass is 9.60. The van der Waals surface area contributed by atoms with E-state index in [4.69, 9.17) is 0 Å². The minimum absolute atomic E-state index is 0.0317. The fraction of sp³-hybridized carbons (Fsp3) is 0.259. The number of hydrogen-bond acceptors (Lipinski definition) is 1. The predicted octanol–water partition coefficient (Wildman–Crippen LogP) is 7.33. The second kappa shape index (κ2) is 5.61. The maximum absolute atomic E-state index is 2.43. The Morgan fingerprint density at radius 1 is 0.607 bits per heavy atom. The van der Waals surface area contributed by atoms with Crippen molar-refractivity contribution in [1.82, 2.24) is 0 Å². The molecule has 0 amide bonds. The first-order valence-electron chi connectivity index (χ1n) is 10.1. The quantitative estimate of drug-likeness (QED) is 0.315. The fourth-order valence-electron chi connectivity index (χ4n) is 5.09. The van der Waals surface area contributed by atoms with Crippen LogP contribution in [-0.2, 0) is 10.8 Å². The molecular weight excluding hydrogens is 338 g/mol. The van der Waals surface area contributed by atoms with Crippen LogP contribution < -0.4 is 4.90 Å². The predicted molar refractivity (Wildman–Crippen MR) is 122 cm³/mol. The average Bonchev–Trinajstić information content (AvgIpc) is 2.75. The zero-order valence-electron chi connectivity index (χ0n) is 17.4. The van der Waals surface area contributed by atoms with Gasteiger partial charge in [-0.15, -0.1) is 0 Å². The summed E-state index contributed by atoms with van der Waals surface area (Å²) in [5, 5.41) is 5.30. The smallest absolute Gasteiger partial charge is 0.0526 e. The van der Waals surface area contributed by atoms with E-state index in [1.165, 1.54) is 44.0 Å². The molecule has 4 aromatic rings. The molecule has 0 aliphatic carbocycles. The molecule has 0 unspecified atom stereocenters. The third-order valence-electron chi connectivity index (χ3n) is 7.37. The zero-order valence-corrected chi connectivity index (χ0v) is 17.4. The highest BCUT2D eigenvalue weighted by Crippen LogP contribution is 2.56. The molecule has 0 bridgehead atoms. The molecule has 140 valence electrons. The fourth-order valence-corrected chi connectivity index (χ4v) is 5.09. The summed E-state index contributed by atoms with van der Waals surface area (Å²) < 4.78 is 0. The number of hydrogen-bond donors (Lipinski definition) is 0. The molecule has 1 aliphatic heterocycles. The molecule has 0 saturated carbocycles. The summed E-state index contributed by atoms with van der Waals surface area (Å²) in [5.41, 5.74) is 5.44. The molecule has 1 aliphatic rings. The molecule has 1 heteroatoms. The third kappa shape index (κ3) is 2.08. The van der Waals surface area contributed by atoms with Crippen LogP contribution >= 0.6 is 0 Å². The second-order valence-corrected chi connectivity index (χ2v) is 9.17. The van der Waals surface area contributed by atoms with E-state index in [0.29, 0.717) is 0 Å². The Morgan fingerprint density at radius 2 is 1.18 bits per heavy atom. The topological polar surface area (TPSA) is 3.24 Å². The molecule has 4 aromatic carbocycles. The summed E-state index contributed by atoms with van der Waals surface area (Å²) in [4.78, 5) is 2.43. The first kappa shape index (κ1) is 17.3. The molecule has 0 spiro atoms. The highest BCUT2D eigenvalue weighted by atomic mass is 15.1. The molecular formula is C27H27N. The molecule has 5 rings (SSSR count). The minimum Gasteiger partial charge on any atom is -0.344 e. The van der Waals surface area contributed by atoms with Gasteiger partial charge in [0.25, 0.3) is 0 Å². The van der Waals surface area contributed by atoms with Crippen molar-refractivity contribution < 1.29 is 0 Å². The molecule has 0 N–H and O–H groups in total. The highest BCUT2D eigenvalue weighted by molar-refractivity contribution is 6.01. The van der Waals surface area contributed by atoms with Gasteiger partial charge in [0.05, 0.1) is 5.69 Å². The van der Waals surface area contributed by atoms with Gasteiger partial charge in [0, 0.05) is 29.0 Å². The molecule has 0 saturated heterocycles. The summed E-state index contributed by atoms with van der Waals surface area (Å²) in [6.07, 6.45) is 0.